The maximum Gasteiger partial charge on any atom is 0.267 e. The molecule has 0 saturated carbocycles. The summed E-state index contributed by atoms with van der Waals surface area (Å²) in [5.41, 5.74) is 2.72. The number of pyridine rings is 1. The summed E-state index contributed by atoms with van der Waals surface area (Å²) in [6.07, 6.45) is 3.64. The third-order valence-electron chi connectivity index (χ3n) is 4.50. The van der Waals surface area contributed by atoms with E-state index in [0.29, 0.717) is 12.2 Å². The molecule has 130 valence electrons. The molecule has 0 unspecified atom stereocenters. The number of carbonyl (C=O) groups is 1. The molecule has 1 fully saturated rings. The van der Waals surface area contributed by atoms with Crippen LogP contribution in [0.3, 0.4) is 0 Å². The van der Waals surface area contributed by atoms with Crippen molar-refractivity contribution in [2.75, 3.05) is 32.8 Å². The van der Waals surface area contributed by atoms with Gasteiger partial charge in [0, 0.05) is 32.0 Å². The van der Waals surface area contributed by atoms with E-state index in [1.165, 1.54) is 0 Å². The molecule has 7 heteroatoms. The summed E-state index contributed by atoms with van der Waals surface area (Å²) in [5, 5.41) is 5.08. The first-order chi connectivity index (χ1) is 12.3. The summed E-state index contributed by atoms with van der Waals surface area (Å²) < 4.78 is 6.56. The number of carbonyl (C=O) groups excluding carboxylic acids is 1. The number of H-pyrrole nitrogens is 1. The average molecular weight is 356 g/mol. The largest absolute Gasteiger partial charge is 0.379 e. The highest BCUT2D eigenvalue weighted by Gasteiger charge is 2.23. The fourth-order valence-electron chi connectivity index (χ4n) is 3.18. The van der Waals surface area contributed by atoms with Gasteiger partial charge in [-0.15, -0.1) is 11.3 Å². The summed E-state index contributed by atoms with van der Waals surface area (Å²) >= 11 is 1.63. The van der Waals surface area contributed by atoms with Crippen LogP contribution < -0.4 is 5.32 Å². The van der Waals surface area contributed by atoms with E-state index in [0.717, 1.165) is 42.1 Å². The fourth-order valence-corrected chi connectivity index (χ4v) is 3.96. The van der Waals surface area contributed by atoms with Gasteiger partial charge in [0.2, 0.25) is 0 Å². The molecule has 0 radical (unpaired) electrons. The van der Waals surface area contributed by atoms with E-state index in [4.69, 9.17) is 4.74 Å². The van der Waals surface area contributed by atoms with Gasteiger partial charge < -0.3 is 15.0 Å². The van der Waals surface area contributed by atoms with Crippen molar-refractivity contribution < 1.29 is 9.53 Å². The van der Waals surface area contributed by atoms with Crippen LogP contribution in [0.2, 0.25) is 0 Å². The molecule has 0 aromatic carbocycles. The van der Waals surface area contributed by atoms with E-state index in [1.807, 2.05) is 29.8 Å². The number of aromatic nitrogens is 2. The number of fused-ring (bicyclic) bond motifs is 1. The number of nitrogens with one attached hydrogen (secondary N) is 2. The summed E-state index contributed by atoms with van der Waals surface area (Å²) in [7, 11) is 0. The normalized spacial score (nSPS) is 16.8. The first kappa shape index (κ1) is 16.3. The number of hydrogen-bond donors (Lipinski definition) is 2. The van der Waals surface area contributed by atoms with E-state index < -0.39 is 0 Å². The van der Waals surface area contributed by atoms with Crippen molar-refractivity contribution >= 4 is 27.5 Å². The topological polar surface area (TPSA) is 70.2 Å². The Morgan fingerprint density at radius 2 is 2.28 bits per heavy atom. The Hall–Kier alpha value is -2.22. The Balaban J connectivity index is 1.48. The molecule has 1 aliphatic heterocycles. The van der Waals surface area contributed by atoms with E-state index >= 15 is 0 Å². The molecule has 0 bridgehead atoms. The lowest BCUT2D eigenvalue weighted by Crippen LogP contribution is -2.43. The predicted molar refractivity (Wildman–Crippen MR) is 97.9 cm³/mol. The molecular weight excluding hydrogens is 336 g/mol. The summed E-state index contributed by atoms with van der Waals surface area (Å²) in [5.74, 6) is -0.0782. The molecule has 4 heterocycles. The lowest BCUT2D eigenvalue weighted by molar-refractivity contribution is 0.0161. The Morgan fingerprint density at radius 1 is 1.40 bits per heavy atom. The third-order valence-corrected chi connectivity index (χ3v) is 5.36. The molecule has 1 aliphatic rings. The smallest absolute Gasteiger partial charge is 0.267 e. The van der Waals surface area contributed by atoms with Gasteiger partial charge in [0.15, 0.2) is 0 Å². The first-order valence-electron chi connectivity index (χ1n) is 8.37. The third kappa shape index (κ3) is 3.58. The minimum atomic E-state index is -0.0782. The molecule has 25 heavy (non-hydrogen) atoms. The van der Waals surface area contributed by atoms with Crippen molar-refractivity contribution in [3.63, 3.8) is 0 Å². The number of nitrogens with zero attached hydrogens (tertiary/aromatic N) is 2. The summed E-state index contributed by atoms with van der Waals surface area (Å²) in [6.45, 7) is 3.69. The molecule has 3 aromatic rings. The number of amides is 1. The van der Waals surface area contributed by atoms with Crippen LogP contribution in [0.5, 0.6) is 0 Å². The minimum absolute atomic E-state index is 0.0782. The maximum atomic E-state index is 12.5. The van der Waals surface area contributed by atoms with Crippen molar-refractivity contribution in [3.05, 3.63) is 53.3 Å². The van der Waals surface area contributed by atoms with Gasteiger partial charge in [-0.1, -0.05) is 6.07 Å². The number of thiophene rings is 1. The number of ether oxygens (including phenoxy) is 1. The van der Waals surface area contributed by atoms with Crippen molar-refractivity contribution in [1.82, 2.24) is 20.2 Å². The van der Waals surface area contributed by atoms with Crippen LogP contribution in [0.1, 0.15) is 22.1 Å². The zero-order valence-electron chi connectivity index (χ0n) is 13.8. The van der Waals surface area contributed by atoms with Crippen LogP contribution in [0.15, 0.2) is 42.0 Å². The van der Waals surface area contributed by atoms with Crippen molar-refractivity contribution in [2.24, 2.45) is 0 Å². The molecule has 1 saturated heterocycles. The van der Waals surface area contributed by atoms with Crippen LogP contribution >= 0.6 is 11.3 Å². The number of aromatic amines is 1. The molecule has 0 spiro atoms. The van der Waals surface area contributed by atoms with E-state index in [2.05, 4.69) is 26.3 Å². The van der Waals surface area contributed by atoms with E-state index in [9.17, 15) is 4.79 Å². The van der Waals surface area contributed by atoms with Gasteiger partial charge in [-0.2, -0.15) is 0 Å². The van der Waals surface area contributed by atoms with Crippen molar-refractivity contribution in [2.45, 2.75) is 6.04 Å². The van der Waals surface area contributed by atoms with Crippen molar-refractivity contribution in [3.8, 4) is 0 Å². The first-order valence-corrected chi connectivity index (χ1v) is 9.25. The van der Waals surface area contributed by atoms with Gasteiger partial charge in [0.1, 0.15) is 5.69 Å². The van der Waals surface area contributed by atoms with Crippen LogP contribution in [0, 0.1) is 0 Å². The SMILES string of the molecule is O=C(NC[C@H](c1cccnc1)N1CCOCC1)c1cc2sccc2[nH]1. The second-order valence-electron chi connectivity index (χ2n) is 6.04. The van der Waals surface area contributed by atoms with Crippen molar-refractivity contribution in [1.29, 1.82) is 0 Å². The molecule has 6 nitrogen and oxygen atoms in total. The average Bonchev–Trinajstić information content (AvgIpc) is 3.26. The second-order valence-corrected chi connectivity index (χ2v) is 6.99. The Labute approximate surface area is 149 Å². The molecule has 4 rings (SSSR count). The van der Waals surface area contributed by atoms with Gasteiger partial charge in [-0.3, -0.25) is 14.7 Å². The van der Waals surface area contributed by atoms with E-state index in [1.54, 1.807) is 17.5 Å². The lowest BCUT2D eigenvalue weighted by Gasteiger charge is -2.34. The quantitative estimate of drug-likeness (QED) is 0.737. The van der Waals surface area contributed by atoms with E-state index in [-0.39, 0.29) is 11.9 Å². The van der Waals surface area contributed by atoms with Crippen LogP contribution in [-0.4, -0.2) is 53.6 Å². The molecule has 1 amide bonds. The predicted octanol–water partition coefficient (Wildman–Crippen LogP) is 2.43. The van der Waals surface area contributed by atoms with Gasteiger partial charge in [-0.05, 0) is 29.1 Å². The standard InChI is InChI=1S/C18H20N4O2S/c23-18(15-10-17-14(21-15)3-9-25-17)20-12-16(13-2-1-4-19-11-13)22-5-7-24-8-6-22/h1-4,9-11,16,21H,5-8,12H2,(H,20,23)/t16-/m1/s1. The number of rotatable bonds is 5. The zero-order chi connectivity index (χ0) is 17.1. The molecule has 1 atom stereocenters. The Kier molecular flexibility index (Phi) is 4.78. The lowest BCUT2D eigenvalue weighted by atomic mass is 10.1. The molecule has 3 aromatic heterocycles. The zero-order valence-corrected chi connectivity index (χ0v) is 14.6. The second kappa shape index (κ2) is 7.35. The number of morpholine rings is 1. The highest BCUT2D eigenvalue weighted by Crippen LogP contribution is 2.22. The van der Waals surface area contributed by atoms with Gasteiger partial charge >= 0.3 is 0 Å². The van der Waals surface area contributed by atoms with Gasteiger partial charge in [0.25, 0.3) is 5.91 Å². The minimum Gasteiger partial charge on any atom is -0.379 e. The molecular formula is C18H20N4O2S. The highest BCUT2D eigenvalue weighted by atomic mass is 32.1. The van der Waals surface area contributed by atoms with Gasteiger partial charge in [-0.25, -0.2) is 0 Å². The fraction of sp³-hybridized carbons (Fsp3) is 0.333. The monoisotopic (exact) mass is 356 g/mol. The Bertz CT molecular complexity index is 811. The summed E-state index contributed by atoms with van der Waals surface area (Å²) in [6, 6.07) is 7.98. The van der Waals surface area contributed by atoms with Crippen LogP contribution in [0.25, 0.3) is 10.2 Å². The van der Waals surface area contributed by atoms with Crippen LogP contribution in [-0.2, 0) is 4.74 Å². The molecule has 2 N–H and O–H groups in total. The number of hydrogen-bond acceptors (Lipinski definition) is 5. The summed E-state index contributed by atoms with van der Waals surface area (Å²) in [4.78, 5) is 22.3. The highest BCUT2D eigenvalue weighted by molar-refractivity contribution is 7.17. The van der Waals surface area contributed by atoms with Crippen LogP contribution in [0.4, 0.5) is 0 Å². The Morgan fingerprint density at radius 3 is 3.04 bits per heavy atom. The van der Waals surface area contributed by atoms with Gasteiger partial charge in [0.05, 0.1) is 29.5 Å². The molecule has 0 aliphatic carbocycles. The maximum absolute atomic E-state index is 12.5.